The summed E-state index contributed by atoms with van der Waals surface area (Å²) in [6.45, 7) is 3.38. The summed E-state index contributed by atoms with van der Waals surface area (Å²) in [4.78, 5) is 29.9. The van der Waals surface area contributed by atoms with Gasteiger partial charge >= 0.3 is 12.2 Å². The van der Waals surface area contributed by atoms with E-state index in [4.69, 9.17) is 17.3 Å². The lowest BCUT2D eigenvalue weighted by atomic mass is 10.2. The Morgan fingerprint density at radius 3 is 2.40 bits per heavy atom. The number of urea groups is 1. The number of nitrogens with one attached hydrogen (secondary N) is 1. The van der Waals surface area contributed by atoms with Gasteiger partial charge in [-0.25, -0.2) is 9.78 Å². The number of nitrogens with two attached hydrogens (primary N) is 1. The SMILES string of the molecule is C[C@H](C(=O)NC(N)=O)N1CCN(c2ncc(C(F)(F)F)cc2Cl)CC1. The van der Waals surface area contributed by atoms with Gasteiger partial charge in [0.15, 0.2) is 0 Å². The molecule has 1 atom stereocenters. The maximum Gasteiger partial charge on any atom is 0.417 e. The Morgan fingerprint density at radius 2 is 1.92 bits per heavy atom. The molecule has 3 N–H and O–H groups in total. The summed E-state index contributed by atoms with van der Waals surface area (Å²) in [7, 11) is 0. The first-order valence-corrected chi connectivity index (χ1v) is 7.79. The molecule has 1 saturated heterocycles. The number of nitrogens with zero attached hydrogens (tertiary/aromatic N) is 3. The van der Waals surface area contributed by atoms with E-state index in [-0.39, 0.29) is 10.8 Å². The number of pyridine rings is 1. The topological polar surface area (TPSA) is 91.6 Å². The Labute approximate surface area is 146 Å². The van der Waals surface area contributed by atoms with Crippen LogP contribution in [0.5, 0.6) is 0 Å². The number of aromatic nitrogens is 1. The van der Waals surface area contributed by atoms with Gasteiger partial charge in [0, 0.05) is 32.4 Å². The molecule has 1 aliphatic rings. The number of carbonyl (C=O) groups excluding carboxylic acids is 2. The molecule has 0 saturated carbocycles. The first-order valence-electron chi connectivity index (χ1n) is 7.41. The van der Waals surface area contributed by atoms with Crippen LogP contribution in [0.2, 0.25) is 5.02 Å². The van der Waals surface area contributed by atoms with Crippen LogP contribution in [0.25, 0.3) is 0 Å². The summed E-state index contributed by atoms with van der Waals surface area (Å²) in [6.07, 6.45) is -3.76. The highest BCUT2D eigenvalue weighted by Crippen LogP contribution is 2.33. The van der Waals surface area contributed by atoms with Gasteiger partial charge in [0.05, 0.1) is 16.6 Å². The zero-order chi connectivity index (χ0) is 18.8. The molecule has 3 amide bonds. The smallest absolute Gasteiger partial charge is 0.353 e. The molecule has 1 aromatic rings. The Balaban J connectivity index is 2.00. The van der Waals surface area contributed by atoms with Crippen LogP contribution in [0, 0.1) is 0 Å². The van der Waals surface area contributed by atoms with Crippen LogP contribution in [0.1, 0.15) is 12.5 Å². The zero-order valence-corrected chi connectivity index (χ0v) is 14.1. The number of piperazine rings is 1. The second-order valence-corrected chi connectivity index (χ2v) is 5.99. The predicted octanol–water partition coefficient (Wildman–Crippen LogP) is 1.46. The van der Waals surface area contributed by atoms with Crippen molar-refractivity contribution in [2.75, 3.05) is 31.1 Å². The van der Waals surface area contributed by atoms with Crippen molar-refractivity contribution >= 4 is 29.4 Å². The third kappa shape index (κ3) is 4.73. The molecule has 0 unspecified atom stereocenters. The van der Waals surface area contributed by atoms with Crippen molar-refractivity contribution in [3.05, 3.63) is 22.8 Å². The van der Waals surface area contributed by atoms with E-state index in [2.05, 4.69) is 4.98 Å². The maximum atomic E-state index is 12.7. The van der Waals surface area contributed by atoms with Gasteiger partial charge in [-0.3, -0.25) is 15.0 Å². The van der Waals surface area contributed by atoms with Crippen molar-refractivity contribution in [1.82, 2.24) is 15.2 Å². The molecule has 0 aromatic carbocycles. The summed E-state index contributed by atoms with van der Waals surface area (Å²) in [5, 5.41) is 1.94. The number of halogens is 4. The van der Waals surface area contributed by atoms with Gasteiger partial charge in [0.1, 0.15) is 5.82 Å². The lowest BCUT2D eigenvalue weighted by Gasteiger charge is -2.38. The van der Waals surface area contributed by atoms with Gasteiger partial charge in [0.25, 0.3) is 0 Å². The van der Waals surface area contributed by atoms with Gasteiger partial charge in [-0.15, -0.1) is 0 Å². The fraction of sp³-hybridized carbons (Fsp3) is 0.500. The second-order valence-electron chi connectivity index (χ2n) is 5.58. The summed E-state index contributed by atoms with van der Waals surface area (Å²) in [5.41, 5.74) is 4.01. The van der Waals surface area contributed by atoms with Crippen molar-refractivity contribution in [2.24, 2.45) is 5.73 Å². The summed E-state index contributed by atoms with van der Waals surface area (Å²) < 4.78 is 38.0. The van der Waals surface area contributed by atoms with Crippen LogP contribution in [-0.2, 0) is 11.0 Å². The molecule has 11 heteroatoms. The van der Waals surface area contributed by atoms with E-state index in [9.17, 15) is 22.8 Å². The minimum atomic E-state index is -4.50. The molecule has 138 valence electrons. The number of imide groups is 1. The number of hydrogen-bond acceptors (Lipinski definition) is 5. The van der Waals surface area contributed by atoms with Crippen molar-refractivity contribution in [2.45, 2.75) is 19.1 Å². The zero-order valence-electron chi connectivity index (χ0n) is 13.3. The first kappa shape index (κ1) is 19.3. The van der Waals surface area contributed by atoms with E-state index < -0.39 is 29.7 Å². The Kier molecular flexibility index (Phi) is 5.73. The van der Waals surface area contributed by atoms with Gasteiger partial charge in [-0.05, 0) is 13.0 Å². The summed E-state index contributed by atoms with van der Waals surface area (Å²) >= 11 is 5.94. The van der Waals surface area contributed by atoms with Crippen molar-refractivity contribution in [3.63, 3.8) is 0 Å². The fourth-order valence-corrected chi connectivity index (χ4v) is 2.82. The molecule has 1 aliphatic heterocycles. The number of carbonyl (C=O) groups is 2. The highest BCUT2D eigenvalue weighted by atomic mass is 35.5. The normalized spacial score (nSPS) is 17.2. The van der Waals surface area contributed by atoms with Gasteiger partial charge in [0.2, 0.25) is 5.91 Å². The van der Waals surface area contributed by atoms with Gasteiger partial charge in [-0.1, -0.05) is 11.6 Å². The largest absolute Gasteiger partial charge is 0.417 e. The standard InChI is InChI=1S/C14H17ClF3N5O2/c1-8(12(24)21-13(19)25)22-2-4-23(5-3-22)11-10(15)6-9(7-20-11)14(16,17)18/h6-8H,2-5H2,1H3,(H3,19,21,24,25)/t8-/m1/s1. The lowest BCUT2D eigenvalue weighted by molar-refractivity contribution is -0.137. The van der Waals surface area contributed by atoms with E-state index >= 15 is 0 Å². The van der Waals surface area contributed by atoms with Crippen LogP contribution < -0.4 is 16.0 Å². The minimum Gasteiger partial charge on any atom is -0.353 e. The first-order chi connectivity index (χ1) is 11.6. The summed E-state index contributed by atoms with van der Waals surface area (Å²) in [5.74, 6) is -0.241. The van der Waals surface area contributed by atoms with Gasteiger partial charge in [-0.2, -0.15) is 13.2 Å². The molecule has 7 nitrogen and oxygen atoms in total. The quantitative estimate of drug-likeness (QED) is 0.829. The highest BCUT2D eigenvalue weighted by molar-refractivity contribution is 6.33. The number of anilines is 1. The molecule has 0 spiro atoms. The van der Waals surface area contributed by atoms with E-state index in [0.29, 0.717) is 26.2 Å². The molecule has 0 aliphatic carbocycles. The summed E-state index contributed by atoms with van der Waals surface area (Å²) in [6, 6.07) is -0.638. The molecular weight excluding hydrogens is 363 g/mol. The van der Waals surface area contributed by atoms with Crippen molar-refractivity contribution in [3.8, 4) is 0 Å². The predicted molar refractivity (Wildman–Crippen MR) is 85.2 cm³/mol. The van der Waals surface area contributed by atoms with E-state index in [0.717, 1.165) is 12.3 Å². The second kappa shape index (κ2) is 7.44. The molecular formula is C14H17ClF3N5O2. The number of rotatable bonds is 3. The van der Waals surface area contributed by atoms with E-state index in [1.54, 1.807) is 11.8 Å². The Morgan fingerprint density at radius 1 is 1.32 bits per heavy atom. The van der Waals surface area contributed by atoms with Crippen LogP contribution in [-0.4, -0.2) is 54.0 Å². The average molecular weight is 380 g/mol. The number of primary amides is 1. The van der Waals surface area contributed by atoms with Crippen LogP contribution >= 0.6 is 11.6 Å². The highest BCUT2D eigenvalue weighted by Gasteiger charge is 2.33. The Hall–Kier alpha value is -2.07. The minimum absolute atomic E-state index is 0.0807. The third-order valence-electron chi connectivity index (χ3n) is 3.94. The van der Waals surface area contributed by atoms with Gasteiger partial charge < -0.3 is 10.6 Å². The maximum absolute atomic E-state index is 12.7. The van der Waals surface area contributed by atoms with Crippen LogP contribution in [0.3, 0.4) is 0 Å². The van der Waals surface area contributed by atoms with Crippen molar-refractivity contribution < 1.29 is 22.8 Å². The molecule has 25 heavy (non-hydrogen) atoms. The lowest BCUT2D eigenvalue weighted by Crippen LogP contribution is -2.55. The number of amides is 3. The Bertz CT molecular complexity index is 662. The van der Waals surface area contributed by atoms with E-state index in [1.807, 2.05) is 10.2 Å². The molecule has 2 rings (SSSR count). The van der Waals surface area contributed by atoms with E-state index in [1.165, 1.54) is 0 Å². The fourth-order valence-electron chi connectivity index (χ4n) is 2.53. The number of alkyl halides is 3. The average Bonchev–Trinajstić information content (AvgIpc) is 2.53. The van der Waals surface area contributed by atoms with Crippen LogP contribution in [0.4, 0.5) is 23.8 Å². The molecule has 1 fully saturated rings. The molecule has 0 radical (unpaired) electrons. The number of hydrogen-bond donors (Lipinski definition) is 2. The van der Waals surface area contributed by atoms with Crippen LogP contribution in [0.15, 0.2) is 12.3 Å². The molecule has 2 heterocycles. The third-order valence-corrected chi connectivity index (χ3v) is 4.21. The monoisotopic (exact) mass is 379 g/mol. The molecule has 1 aromatic heterocycles. The molecule has 0 bridgehead atoms. The van der Waals surface area contributed by atoms with Crippen molar-refractivity contribution in [1.29, 1.82) is 0 Å².